The molecule has 0 radical (unpaired) electrons. The molecule has 684 valence electrons. The first kappa shape index (κ1) is 102. The Kier molecular flexibility index (Phi) is 37.7. The zero-order valence-electron chi connectivity index (χ0n) is 70.2. The van der Waals surface area contributed by atoms with Crippen LogP contribution in [0, 0.1) is 53.1 Å². The number of aromatic nitrogens is 27. The molecule has 1 aromatic carbocycles. The van der Waals surface area contributed by atoms with Crippen molar-refractivity contribution in [1.82, 2.24) is 132 Å². The van der Waals surface area contributed by atoms with Crippen LogP contribution in [0.2, 0.25) is 5.15 Å². The summed E-state index contributed by atoms with van der Waals surface area (Å²) < 4.78 is 52.8. The van der Waals surface area contributed by atoms with Crippen molar-refractivity contribution >= 4 is 101 Å². The van der Waals surface area contributed by atoms with Crippen molar-refractivity contribution in [2.75, 3.05) is 33.2 Å². The minimum Gasteiger partial charge on any atom is -0.630 e. The molecule has 0 aliphatic carbocycles. The number of benzene rings is 1. The molecule has 0 saturated carbocycles. The number of aryl methyl sites for hydroxylation is 3. The number of quaternary nitrogens is 3. The summed E-state index contributed by atoms with van der Waals surface area (Å²) in [5.74, 6) is 3.36. The van der Waals surface area contributed by atoms with Gasteiger partial charge in [-0.1, -0.05) is 34.0 Å². The summed E-state index contributed by atoms with van der Waals surface area (Å²) >= 11 is 5.87. The number of nitrogen functional groups attached to an aromatic ring is 2. The fraction of sp³-hybridized carbons (Fsp3) is 0.117. The number of ether oxygens (including phenoxy) is 2. The molecule has 0 bridgehead atoms. The average Bonchev–Trinajstić information content (AvgIpc) is 1.77. The molecule has 1 atom stereocenters. The number of nitrogens with zero attached hydrogens (tertiary/aromatic N) is 28. The number of fused-ring (bicyclic) bond motifs is 7. The van der Waals surface area contributed by atoms with E-state index >= 15 is 0 Å². The molecule has 17 heterocycles. The summed E-state index contributed by atoms with van der Waals surface area (Å²) in [7, 11) is -0.827. The summed E-state index contributed by atoms with van der Waals surface area (Å²) in [6.07, 6.45) is 55.0. The monoisotopic (exact) mass is 1850 g/mol. The van der Waals surface area contributed by atoms with Gasteiger partial charge in [0.1, 0.15) is 34.4 Å². The van der Waals surface area contributed by atoms with Gasteiger partial charge in [0.05, 0.1) is 197 Å². The van der Waals surface area contributed by atoms with Gasteiger partial charge in [0.25, 0.3) is 21.7 Å². The number of carboxylic acid groups (broad SMARTS) is 1. The third-order valence-corrected chi connectivity index (χ3v) is 18.1. The van der Waals surface area contributed by atoms with Crippen LogP contribution in [0.4, 0.5) is 11.4 Å². The molecule has 0 aliphatic heterocycles. The highest BCUT2D eigenvalue weighted by Gasteiger charge is 2.21. The number of H-pyrrole nitrogens is 1. The van der Waals surface area contributed by atoms with E-state index in [1.54, 1.807) is 248 Å². The Balaban J connectivity index is 0.000000202. The van der Waals surface area contributed by atoms with E-state index in [2.05, 4.69) is 100 Å². The molecule has 55 heteroatoms. The number of aromatic carboxylic acids is 1. The van der Waals surface area contributed by atoms with Crippen molar-refractivity contribution in [2.45, 2.75) is 39.5 Å². The van der Waals surface area contributed by atoms with Gasteiger partial charge in [-0.2, -0.15) is 54.6 Å². The van der Waals surface area contributed by atoms with Gasteiger partial charge in [-0.15, -0.1) is 0 Å². The van der Waals surface area contributed by atoms with Crippen LogP contribution in [0.25, 0.3) is 61.4 Å². The number of esters is 2. The fourth-order valence-corrected chi connectivity index (χ4v) is 12.1. The van der Waals surface area contributed by atoms with E-state index in [-0.39, 0.29) is 62.0 Å². The van der Waals surface area contributed by atoms with Crippen molar-refractivity contribution in [1.29, 1.82) is 10.7 Å². The van der Waals surface area contributed by atoms with Crippen LogP contribution in [-0.2, 0) is 24.4 Å². The van der Waals surface area contributed by atoms with Crippen molar-refractivity contribution in [2.24, 2.45) is 11.5 Å². The number of rotatable bonds is 14. The number of aromatic amines is 1. The number of nitrogens with two attached hydrogens (primary N) is 5. The number of hydrogen-bond acceptors (Lipinski definition) is 35. The minimum absolute atomic E-state index is 0. The Morgan fingerprint density at radius 3 is 1.41 bits per heavy atom. The second-order valence-electron chi connectivity index (χ2n) is 25.8. The SMILES string of the molecule is CCOC(=O)/C(=C/N(C)C)[NH+]([O-])O.CCOC(=O)c1cnn2ccncc12.Cc1cc(C)c(S(=O)(=O)O)c(C)c1.N#Cc1cnn2ccncc12.N=C(N)c1cnn2ccncc12.NC(=O)c1cnn2ccncc12.N[n+]1ccncc1.O.O.O=C(O)c1cnn2ccncc12.O=c1[nH]c(-c2cnn3ccncc23)ncc1[NH2+][O-].[O-][NH2+]c1cnc(-c2cnn3ccncc23)nc1Cl. The first-order chi connectivity index (χ1) is 62.4. The predicted octanol–water partition coefficient (Wildman–Crippen LogP) is -0.503. The van der Waals surface area contributed by atoms with Crippen LogP contribution in [0.3, 0.4) is 0 Å². The van der Waals surface area contributed by atoms with Crippen molar-refractivity contribution in [3.05, 3.63) is 310 Å². The van der Waals surface area contributed by atoms with E-state index in [1.165, 1.54) is 63.7 Å². The number of primary amides is 1. The second-order valence-corrected chi connectivity index (χ2v) is 27.5. The van der Waals surface area contributed by atoms with E-state index in [1.807, 2.05) is 13.0 Å². The Bertz CT molecular complexity index is 6980. The Morgan fingerprint density at radius 1 is 0.591 bits per heavy atom. The second kappa shape index (κ2) is 48.9. The van der Waals surface area contributed by atoms with E-state index < -0.39 is 38.7 Å². The summed E-state index contributed by atoms with van der Waals surface area (Å²) in [6.45, 7) is 9.13. The quantitative estimate of drug-likeness (QED) is 0.00752. The van der Waals surface area contributed by atoms with Crippen molar-refractivity contribution < 1.29 is 83.8 Å². The number of halogens is 1. The van der Waals surface area contributed by atoms with Crippen LogP contribution in [0.15, 0.2) is 244 Å². The van der Waals surface area contributed by atoms with E-state index in [0.29, 0.717) is 90.3 Å². The topological polar surface area (TPSA) is 780 Å². The van der Waals surface area contributed by atoms with Crippen LogP contribution in [-0.4, -0.2) is 223 Å². The molecule has 0 spiro atoms. The van der Waals surface area contributed by atoms with E-state index in [4.69, 9.17) is 59.2 Å². The van der Waals surface area contributed by atoms with Gasteiger partial charge in [-0.3, -0.25) is 59.4 Å². The highest BCUT2D eigenvalue weighted by molar-refractivity contribution is 7.86. The number of carbonyl (C=O) groups is 4. The normalized spacial score (nSPS) is 10.7. The molecule has 0 saturated heterocycles. The zero-order chi connectivity index (χ0) is 94.1. The maximum Gasteiger partial charge on any atom is 0.397 e. The molecular weight excluding hydrogens is 1770 g/mol. The van der Waals surface area contributed by atoms with Crippen LogP contribution in [0.5, 0.6) is 0 Å². The molecule has 1 unspecified atom stereocenters. The number of hydrogen-bond donors (Lipinski definition) is 11. The average molecular weight is 1850 g/mol. The van der Waals surface area contributed by atoms with Gasteiger partial charge < -0.3 is 73.5 Å². The molecule has 0 aliphatic rings. The number of nitrogens with one attached hydrogen (secondary N) is 3. The lowest BCUT2D eigenvalue weighted by atomic mass is 10.1. The Labute approximate surface area is 747 Å². The lowest BCUT2D eigenvalue weighted by Crippen LogP contribution is -3.03. The molecule has 53 nitrogen and oxygen atoms in total. The predicted molar refractivity (Wildman–Crippen MR) is 465 cm³/mol. The summed E-state index contributed by atoms with van der Waals surface area (Å²) in [4.78, 5) is 103. The highest BCUT2D eigenvalue weighted by Crippen LogP contribution is 2.25. The van der Waals surface area contributed by atoms with Gasteiger partial charge in [-0.25, -0.2) is 72.0 Å². The number of carbonyl (C=O) groups excluding carboxylic acids is 3. The lowest BCUT2D eigenvalue weighted by Gasteiger charge is -2.15. The maximum absolute atomic E-state index is 11.5. The number of nitriles is 1. The number of amidine groups is 1. The molecule has 18 aromatic rings. The minimum atomic E-state index is -4.08. The fourth-order valence-electron chi connectivity index (χ4n) is 11.0. The third-order valence-electron chi connectivity index (χ3n) is 16.6. The molecule has 1 amide bonds. The van der Waals surface area contributed by atoms with Crippen molar-refractivity contribution in [3.8, 4) is 28.8 Å². The van der Waals surface area contributed by atoms with Crippen LogP contribution in [0.1, 0.15) is 72.7 Å². The largest absolute Gasteiger partial charge is 0.630 e. The lowest BCUT2D eigenvalue weighted by molar-refractivity contribution is -1.01. The molecule has 132 heavy (non-hydrogen) atoms. The Morgan fingerprint density at radius 2 is 0.992 bits per heavy atom. The van der Waals surface area contributed by atoms with Crippen molar-refractivity contribution in [3.63, 3.8) is 0 Å². The standard InChI is InChI=1S/C10H7ClN6O.C10H8N6O2.C9H9N3O2.C9H12O3S.C7H7N5.C7H6N4O.C7H4N4.C7H5N3O2.C7H14N2O4.C4H6N3.2H2O/c11-9-7(16-18)4-13-10(15-9)6-3-14-17-2-1-12-5-8(6)17;17-10-7(15-18)4-12-9(14-10)6-3-13-16-2-1-11-5-8(6)16;1-2-14-9(13)7-5-11-12-4-3-10-6-8(7)12;1-6-4-7(2)9(8(3)5-6)13(10,11)12;8-7(9)5-3-11-12-2-1-10-4-6(5)12;8-7(12)5-3-10-11-2-1-9-4-6(5)11;8-3-6-4-10-11-2-1-9-5-7(6)11;11-7(12)5-3-9-10-2-1-8-4-6(5)10;1-4-13-7(10)6(9(11)12)5-8(2)3;5-7-3-1-6-2-4-7;;/h1-5H,16H2;1-5H,15H2,(H,12,14,17);3-6H,2H2,1H3;4-5H,1-3H3,(H,10,11,12);1-4H,(H3,8,9);1-4H,(H2,8,12);1-2,4-5H;1-4H,(H,11,12);5,9,11H,4H2,1-3H3;1-4H,(H2,5,6);2*1H2/q;;;;;;;;;+1;;/b;;;;;;;;6-5-;;;. The first-order valence-electron chi connectivity index (χ1n) is 37.2. The van der Waals surface area contributed by atoms with Crippen LogP contribution >= 0.6 is 11.6 Å². The highest BCUT2D eigenvalue weighted by atomic mass is 35.5. The van der Waals surface area contributed by atoms with Gasteiger partial charge in [0.15, 0.2) is 16.7 Å². The molecule has 0 fully saturated rings. The van der Waals surface area contributed by atoms with Gasteiger partial charge in [-0.05, 0) is 45.7 Å². The smallest absolute Gasteiger partial charge is 0.397 e. The first-order valence-corrected chi connectivity index (χ1v) is 39.0. The van der Waals surface area contributed by atoms with E-state index in [9.17, 15) is 48.0 Å². The molecule has 17 aromatic heterocycles. The third kappa shape index (κ3) is 27.3. The maximum atomic E-state index is 11.5. The van der Waals surface area contributed by atoms with E-state index in [0.717, 1.165) is 27.6 Å². The van der Waals surface area contributed by atoms with Gasteiger partial charge >= 0.3 is 23.5 Å². The summed E-state index contributed by atoms with van der Waals surface area (Å²) in [6, 6.07) is 5.49. The summed E-state index contributed by atoms with van der Waals surface area (Å²) in [5, 5.41) is 91.7. The number of amides is 1. The number of hydroxylamine groups is 2. The molecular formula is C77H82ClN36O17S+. The number of carboxylic acids is 1. The van der Waals surface area contributed by atoms with Gasteiger partial charge in [0, 0.05) is 101 Å². The summed E-state index contributed by atoms with van der Waals surface area (Å²) in [5.41, 5.74) is 21.4. The molecule has 20 N–H and O–H groups in total. The molecule has 18 rings (SSSR count). The zero-order valence-corrected chi connectivity index (χ0v) is 71.8. The Hall–Kier alpha value is -17.4. The van der Waals surface area contributed by atoms with Gasteiger partial charge in [0.2, 0.25) is 18.1 Å². The van der Waals surface area contributed by atoms with Crippen LogP contribution < -0.4 is 43.7 Å².